The molecular formula is C13H22N2O5. The molecule has 0 aliphatic carbocycles. The van der Waals surface area contributed by atoms with Gasteiger partial charge in [0.05, 0.1) is 6.10 Å². The summed E-state index contributed by atoms with van der Waals surface area (Å²) in [4.78, 5) is 26.8. The highest BCUT2D eigenvalue weighted by Crippen LogP contribution is 2.24. The van der Waals surface area contributed by atoms with Gasteiger partial charge < -0.3 is 24.7 Å². The van der Waals surface area contributed by atoms with Crippen LogP contribution in [0.2, 0.25) is 0 Å². The number of piperidine rings is 1. The maximum atomic E-state index is 12.5. The predicted molar refractivity (Wildman–Crippen MR) is 70.3 cm³/mol. The summed E-state index contributed by atoms with van der Waals surface area (Å²) in [6.07, 6.45) is 1.85. The normalized spacial score (nSPS) is 30.6. The van der Waals surface area contributed by atoms with E-state index in [0.717, 1.165) is 12.8 Å². The molecule has 3 unspecified atom stereocenters. The Labute approximate surface area is 118 Å². The lowest BCUT2D eigenvalue weighted by atomic mass is 9.99. The monoisotopic (exact) mass is 286 g/mol. The summed E-state index contributed by atoms with van der Waals surface area (Å²) in [6.45, 7) is 1.49. The van der Waals surface area contributed by atoms with Crippen molar-refractivity contribution in [3.05, 3.63) is 0 Å². The third-order valence-electron chi connectivity index (χ3n) is 4.17. The number of carbonyl (C=O) groups excluding carboxylic acids is 1. The number of hydrogen-bond acceptors (Lipinski definition) is 4. The lowest BCUT2D eigenvalue weighted by Crippen LogP contribution is -2.51. The summed E-state index contributed by atoms with van der Waals surface area (Å²) in [5, 5.41) is 18.4. The van der Waals surface area contributed by atoms with Gasteiger partial charge >= 0.3 is 12.0 Å². The third-order valence-corrected chi connectivity index (χ3v) is 4.17. The highest BCUT2D eigenvalue weighted by molar-refractivity contribution is 5.83. The number of urea groups is 1. The first-order valence-corrected chi connectivity index (χ1v) is 6.98. The molecule has 0 aromatic rings. The minimum absolute atomic E-state index is 0.0623. The van der Waals surface area contributed by atoms with E-state index in [9.17, 15) is 19.8 Å². The molecule has 3 atom stereocenters. The fraction of sp³-hybridized carbons (Fsp3) is 0.846. The molecule has 2 aliphatic heterocycles. The second-order valence-electron chi connectivity index (χ2n) is 5.52. The molecule has 2 rings (SSSR count). The molecule has 114 valence electrons. The van der Waals surface area contributed by atoms with Crippen LogP contribution in [0.4, 0.5) is 4.79 Å². The SMILES string of the molecule is COC1CC(C(=O)O)N(C(=O)N2CCCC(CO)C2)C1. The maximum absolute atomic E-state index is 12.5. The number of aliphatic hydroxyl groups is 1. The Morgan fingerprint density at radius 2 is 2.10 bits per heavy atom. The molecule has 0 aromatic heterocycles. The first-order valence-electron chi connectivity index (χ1n) is 6.98. The summed E-state index contributed by atoms with van der Waals surface area (Å²) in [5.74, 6) is -0.898. The molecule has 20 heavy (non-hydrogen) atoms. The van der Waals surface area contributed by atoms with Crippen molar-refractivity contribution < 1.29 is 24.5 Å². The zero-order chi connectivity index (χ0) is 14.7. The first kappa shape index (κ1) is 15.1. The number of amides is 2. The third kappa shape index (κ3) is 3.04. The Morgan fingerprint density at radius 1 is 1.35 bits per heavy atom. The minimum atomic E-state index is -0.992. The number of nitrogens with zero attached hydrogens (tertiary/aromatic N) is 2. The van der Waals surface area contributed by atoms with E-state index in [1.807, 2.05) is 0 Å². The van der Waals surface area contributed by atoms with Crippen LogP contribution < -0.4 is 0 Å². The first-order chi connectivity index (χ1) is 9.56. The van der Waals surface area contributed by atoms with Gasteiger partial charge in [0.2, 0.25) is 0 Å². The van der Waals surface area contributed by atoms with Crippen LogP contribution >= 0.6 is 0 Å². The van der Waals surface area contributed by atoms with E-state index in [4.69, 9.17) is 4.74 Å². The Morgan fingerprint density at radius 3 is 2.70 bits per heavy atom. The van der Waals surface area contributed by atoms with Gasteiger partial charge in [-0.2, -0.15) is 0 Å². The van der Waals surface area contributed by atoms with Crippen molar-refractivity contribution in [1.82, 2.24) is 9.80 Å². The highest BCUT2D eigenvalue weighted by Gasteiger charge is 2.42. The van der Waals surface area contributed by atoms with Crippen LogP contribution in [0.3, 0.4) is 0 Å². The number of hydrogen-bond donors (Lipinski definition) is 2. The number of likely N-dealkylation sites (tertiary alicyclic amines) is 2. The molecule has 2 saturated heterocycles. The van der Waals surface area contributed by atoms with Gasteiger partial charge in [-0.3, -0.25) is 0 Å². The lowest BCUT2D eigenvalue weighted by molar-refractivity contribution is -0.141. The molecule has 7 nitrogen and oxygen atoms in total. The van der Waals surface area contributed by atoms with Gasteiger partial charge in [0, 0.05) is 39.8 Å². The van der Waals surface area contributed by atoms with E-state index >= 15 is 0 Å². The van der Waals surface area contributed by atoms with Gasteiger partial charge in [-0.15, -0.1) is 0 Å². The predicted octanol–water partition coefficient (Wildman–Crippen LogP) is -0.0154. The standard InChI is InChI=1S/C13H22N2O5/c1-20-10-5-11(12(17)18)15(7-10)13(19)14-4-2-3-9(6-14)8-16/h9-11,16H,2-8H2,1H3,(H,17,18). The smallest absolute Gasteiger partial charge is 0.326 e. The number of carbonyl (C=O) groups is 2. The molecule has 0 spiro atoms. The molecule has 2 fully saturated rings. The zero-order valence-corrected chi connectivity index (χ0v) is 11.7. The average molecular weight is 286 g/mol. The van der Waals surface area contributed by atoms with Gasteiger partial charge in [0.25, 0.3) is 0 Å². The number of aliphatic carboxylic acids is 1. The van der Waals surface area contributed by atoms with Gasteiger partial charge in [-0.25, -0.2) is 9.59 Å². The average Bonchev–Trinajstić information content (AvgIpc) is 2.91. The number of methoxy groups -OCH3 is 1. The quantitative estimate of drug-likeness (QED) is 0.761. The number of carboxylic acids is 1. The summed E-state index contributed by atoms with van der Waals surface area (Å²) >= 11 is 0. The number of carboxylic acid groups (broad SMARTS) is 1. The number of aliphatic hydroxyl groups excluding tert-OH is 1. The molecule has 2 heterocycles. The van der Waals surface area contributed by atoms with E-state index in [1.165, 1.54) is 12.0 Å². The van der Waals surface area contributed by atoms with Crippen LogP contribution in [0.25, 0.3) is 0 Å². The van der Waals surface area contributed by atoms with Crippen LogP contribution in [0, 0.1) is 5.92 Å². The second-order valence-corrected chi connectivity index (χ2v) is 5.52. The van der Waals surface area contributed by atoms with Gasteiger partial charge in [0.1, 0.15) is 6.04 Å². The fourth-order valence-corrected chi connectivity index (χ4v) is 2.98. The molecule has 2 N–H and O–H groups in total. The second kappa shape index (κ2) is 6.41. The van der Waals surface area contributed by atoms with Crippen molar-refractivity contribution in [2.45, 2.75) is 31.4 Å². The summed E-state index contributed by atoms with van der Waals surface area (Å²) < 4.78 is 5.19. The van der Waals surface area contributed by atoms with E-state index in [0.29, 0.717) is 26.1 Å². The lowest BCUT2D eigenvalue weighted by Gasteiger charge is -2.35. The Hall–Kier alpha value is -1.34. The van der Waals surface area contributed by atoms with Crippen LogP contribution in [0.1, 0.15) is 19.3 Å². The van der Waals surface area contributed by atoms with Crippen molar-refractivity contribution in [3.8, 4) is 0 Å². The maximum Gasteiger partial charge on any atom is 0.326 e. The van der Waals surface area contributed by atoms with Crippen LogP contribution in [0.5, 0.6) is 0 Å². The zero-order valence-electron chi connectivity index (χ0n) is 11.7. The summed E-state index contributed by atoms with van der Waals surface area (Å²) in [5.41, 5.74) is 0. The van der Waals surface area contributed by atoms with Crippen LogP contribution in [-0.4, -0.2) is 77.5 Å². The van der Waals surface area contributed by atoms with Gasteiger partial charge in [-0.05, 0) is 18.8 Å². The fourth-order valence-electron chi connectivity index (χ4n) is 2.98. The molecule has 0 bridgehead atoms. The Kier molecular flexibility index (Phi) is 4.82. The Bertz CT molecular complexity index is 376. The van der Waals surface area contributed by atoms with Crippen molar-refractivity contribution in [2.24, 2.45) is 5.92 Å². The minimum Gasteiger partial charge on any atom is -0.480 e. The van der Waals surface area contributed by atoms with Crippen molar-refractivity contribution in [2.75, 3.05) is 33.4 Å². The molecule has 0 aromatic carbocycles. The summed E-state index contributed by atoms with van der Waals surface area (Å²) in [6, 6.07) is -1.07. The van der Waals surface area contributed by atoms with Crippen molar-refractivity contribution in [3.63, 3.8) is 0 Å². The largest absolute Gasteiger partial charge is 0.480 e. The molecular weight excluding hydrogens is 264 g/mol. The van der Waals surface area contributed by atoms with Crippen molar-refractivity contribution >= 4 is 12.0 Å². The van der Waals surface area contributed by atoms with E-state index in [-0.39, 0.29) is 24.7 Å². The van der Waals surface area contributed by atoms with Gasteiger partial charge in [0.15, 0.2) is 0 Å². The van der Waals surface area contributed by atoms with Gasteiger partial charge in [-0.1, -0.05) is 0 Å². The molecule has 2 aliphatic rings. The summed E-state index contributed by atoms with van der Waals surface area (Å²) in [7, 11) is 1.53. The highest BCUT2D eigenvalue weighted by atomic mass is 16.5. The number of ether oxygens (including phenoxy) is 1. The Balaban J connectivity index is 2.04. The molecule has 2 amide bonds. The number of rotatable bonds is 3. The van der Waals surface area contributed by atoms with Crippen LogP contribution in [0.15, 0.2) is 0 Å². The van der Waals surface area contributed by atoms with E-state index < -0.39 is 12.0 Å². The van der Waals surface area contributed by atoms with E-state index in [2.05, 4.69) is 0 Å². The molecule has 0 saturated carbocycles. The van der Waals surface area contributed by atoms with Crippen molar-refractivity contribution in [1.29, 1.82) is 0 Å². The topological polar surface area (TPSA) is 90.3 Å². The molecule has 0 radical (unpaired) electrons. The van der Waals surface area contributed by atoms with Crippen LogP contribution in [-0.2, 0) is 9.53 Å². The van der Waals surface area contributed by atoms with E-state index in [1.54, 1.807) is 4.90 Å². The molecule has 7 heteroatoms.